The van der Waals surface area contributed by atoms with Crippen molar-refractivity contribution >= 4 is 0 Å². The molecule has 0 aliphatic carbocycles. The summed E-state index contributed by atoms with van der Waals surface area (Å²) >= 11 is 0. The average Bonchev–Trinajstić information content (AvgIpc) is 2.26. The Morgan fingerprint density at radius 3 is 2.19 bits per heavy atom. The lowest BCUT2D eigenvalue weighted by Crippen LogP contribution is -2.33. The molecule has 0 aromatic carbocycles. The van der Waals surface area contributed by atoms with Crippen LogP contribution in [0.15, 0.2) is 0 Å². The first-order valence-electron chi connectivity index (χ1n) is 6.86. The van der Waals surface area contributed by atoms with Crippen LogP contribution in [0, 0.1) is 11.8 Å². The molecule has 1 N–H and O–H groups in total. The first-order valence-corrected chi connectivity index (χ1v) is 6.86. The maximum Gasteiger partial charge on any atom is 0.0488 e. The van der Waals surface area contributed by atoms with Crippen molar-refractivity contribution in [2.45, 2.75) is 59.4 Å². The third-order valence-electron chi connectivity index (χ3n) is 3.20. The predicted molar refractivity (Wildman–Crippen MR) is 71.8 cm³/mol. The smallest absolute Gasteiger partial charge is 0.0488 e. The van der Waals surface area contributed by atoms with Gasteiger partial charge >= 0.3 is 0 Å². The highest BCUT2D eigenvalue weighted by Gasteiger charge is 2.14. The van der Waals surface area contributed by atoms with E-state index in [-0.39, 0.29) is 0 Å². The lowest BCUT2D eigenvalue weighted by Gasteiger charge is -2.24. The SMILES string of the molecule is CCCNC(CC(C)CC)CC(C)COC. The van der Waals surface area contributed by atoms with E-state index in [2.05, 4.69) is 33.0 Å². The summed E-state index contributed by atoms with van der Waals surface area (Å²) in [5.74, 6) is 1.48. The minimum absolute atomic E-state index is 0.656. The molecule has 0 spiro atoms. The van der Waals surface area contributed by atoms with Gasteiger partial charge in [-0.15, -0.1) is 0 Å². The van der Waals surface area contributed by atoms with Crippen molar-refractivity contribution in [3.05, 3.63) is 0 Å². The third-order valence-corrected chi connectivity index (χ3v) is 3.20. The van der Waals surface area contributed by atoms with Crippen LogP contribution < -0.4 is 5.32 Å². The Kier molecular flexibility index (Phi) is 10.0. The van der Waals surface area contributed by atoms with Crippen LogP contribution >= 0.6 is 0 Å². The minimum Gasteiger partial charge on any atom is -0.384 e. The molecule has 0 fully saturated rings. The summed E-state index contributed by atoms with van der Waals surface area (Å²) in [7, 11) is 1.79. The largest absolute Gasteiger partial charge is 0.384 e. The fourth-order valence-electron chi connectivity index (χ4n) is 2.10. The summed E-state index contributed by atoms with van der Waals surface area (Å²) < 4.78 is 5.21. The Hall–Kier alpha value is -0.0800. The van der Waals surface area contributed by atoms with Crippen LogP contribution in [-0.2, 0) is 4.74 Å². The molecule has 0 aliphatic heterocycles. The van der Waals surface area contributed by atoms with E-state index in [4.69, 9.17) is 4.74 Å². The van der Waals surface area contributed by atoms with E-state index < -0.39 is 0 Å². The van der Waals surface area contributed by atoms with Gasteiger partial charge in [0, 0.05) is 19.8 Å². The van der Waals surface area contributed by atoms with E-state index >= 15 is 0 Å². The van der Waals surface area contributed by atoms with Gasteiger partial charge in [0.1, 0.15) is 0 Å². The molecule has 0 saturated carbocycles. The standard InChI is InChI=1S/C14H31NO/c1-6-8-15-14(9-12(3)7-2)10-13(4)11-16-5/h12-15H,6-11H2,1-5H3. The van der Waals surface area contributed by atoms with Crippen molar-refractivity contribution in [1.29, 1.82) is 0 Å². The topological polar surface area (TPSA) is 21.3 Å². The van der Waals surface area contributed by atoms with Crippen LogP contribution in [0.2, 0.25) is 0 Å². The van der Waals surface area contributed by atoms with Crippen molar-refractivity contribution in [3.8, 4) is 0 Å². The Bertz CT molecular complexity index is 150. The minimum atomic E-state index is 0.656. The van der Waals surface area contributed by atoms with Crippen molar-refractivity contribution < 1.29 is 4.74 Å². The molecule has 0 aromatic heterocycles. The number of rotatable bonds is 10. The summed E-state index contributed by atoms with van der Waals surface area (Å²) in [6.45, 7) is 11.2. The zero-order chi connectivity index (χ0) is 12.4. The predicted octanol–water partition coefficient (Wildman–Crippen LogP) is 3.46. The van der Waals surface area contributed by atoms with Gasteiger partial charge in [-0.2, -0.15) is 0 Å². The molecule has 0 aliphatic rings. The maximum absolute atomic E-state index is 5.21. The lowest BCUT2D eigenvalue weighted by molar-refractivity contribution is 0.146. The fraction of sp³-hybridized carbons (Fsp3) is 1.00. The number of hydrogen-bond donors (Lipinski definition) is 1. The van der Waals surface area contributed by atoms with E-state index in [0.29, 0.717) is 12.0 Å². The van der Waals surface area contributed by atoms with Crippen LogP contribution in [0.25, 0.3) is 0 Å². The molecule has 0 aromatic rings. The lowest BCUT2D eigenvalue weighted by atomic mass is 9.93. The van der Waals surface area contributed by atoms with Gasteiger partial charge in [0.15, 0.2) is 0 Å². The van der Waals surface area contributed by atoms with Gasteiger partial charge in [-0.3, -0.25) is 0 Å². The fourth-order valence-corrected chi connectivity index (χ4v) is 2.10. The molecule has 3 unspecified atom stereocenters. The third kappa shape index (κ3) is 8.12. The highest BCUT2D eigenvalue weighted by molar-refractivity contribution is 4.72. The molecular formula is C14H31NO. The van der Waals surface area contributed by atoms with Crippen LogP contribution in [0.5, 0.6) is 0 Å². The summed E-state index contributed by atoms with van der Waals surface area (Å²) in [4.78, 5) is 0. The second-order valence-corrected chi connectivity index (χ2v) is 5.20. The van der Waals surface area contributed by atoms with Gasteiger partial charge in [-0.05, 0) is 37.6 Å². The van der Waals surface area contributed by atoms with E-state index in [0.717, 1.165) is 19.1 Å². The van der Waals surface area contributed by atoms with Crippen molar-refractivity contribution in [2.75, 3.05) is 20.3 Å². The number of methoxy groups -OCH3 is 1. The van der Waals surface area contributed by atoms with Crippen LogP contribution in [-0.4, -0.2) is 26.3 Å². The average molecular weight is 229 g/mol. The Labute approximate surface area is 102 Å². The molecule has 0 saturated heterocycles. The first kappa shape index (κ1) is 15.9. The zero-order valence-electron chi connectivity index (χ0n) is 11.9. The van der Waals surface area contributed by atoms with Gasteiger partial charge in [0.25, 0.3) is 0 Å². The van der Waals surface area contributed by atoms with Gasteiger partial charge < -0.3 is 10.1 Å². The second-order valence-electron chi connectivity index (χ2n) is 5.20. The molecule has 2 nitrogen and oxygen atoms in total. The van der Waals surface area contributed by atoms with E-state index in [9.17, 15) is 0 Å². The number of hydrogen-bond acceptors (Lipinski definition) is 2. The van der Waals surface area contributed by atoms with Gasteiger partial charge in [0.05, 0.1) is 0 Å². The molecule has 16 heavy (non-hydrogen) atoms. The number of ether oxygens (including phenoxy) is 1. The zero-order valence-corrected chi connectivity index (χ0v) is 11.9. The quantitative estimate of drug-likeness (QED) is 0.619. The van der Waals surface area contributed by atoms with Crippen molar-refractivity contribution in [1.82, 2.24) is 5.32 Å². The number of nitrogens with one attached hydrogen (secondary N) is 1. The van der Waals surface area contributed by atoms with Crippen LogP contribution in [0.4, 0.5) is 0 Å². The molecule has 0 heterocycles. The van der Waals surface area contributed by atoms with Crippen LogP contribution in [0.3, 0.4) is 0 Å². The summed E-state index contributed by atoms with van der Waals surface area (Å²) in [6, 6.07) is 0.667. The highest BCUT2D eigenvalue weighted by Crippen LogP contribution is 2.16. The molecule has 2 heteroatoms. The Morgan fingerprint density at radius 1 is 1.06 bits per heavy atom. The normalized spacial score (nSPS) is 17.1. The maximum atomic E-state index is 5.21. The molecule has 3 atom stereocenters. The molecule has 98 valence electrons. The van der Waals surface area contributed by atoms with E-state index in [1.807, 2.05) is 0 Å². The van der Waals surface area contributed by atoms with Crippen LogP contribution in [0.1, 0.15) is 53.4 Å². The second kappa shape index (κ2) is 10.1. The molecule has 0 rings (SSSR count). The monoisotopic (exact) mass is 229 g/mol. The summed E-state index contributed by atoms with van der Waals surface area (Å²) in [5.41, 5.74) is 0. The highest BCUT2D eigenvalue weighted by atomic mass is 16.5. The van der Waals surface area contributed by atoms with E-state index in [1.54, 1.807) is 7.11 Å². The molecule has 0 amide bonds. The van der Waals surface area contributed by atoms with Crippen molar-refractivity contribution in [2.24, 2.45) is 11.8 Å². The molecular weight excluding hydrogens is 198 g/mol. The molecule has 0 radical (unpaired) electrons. The first-order chi connectivity index (χ1) is 7.63. The van der Waals surface area contributed by atoms with E-state index in [1.165, 1.54) is 25.7 Å². The van der Waals surface area contributed by atoms with Crippen molar-refractivity contribution in [3.63, 3.8) is 0 Å². The van der Waals surface area contributed by atoms with Gasteiger partial charge in [-0.1, -0.05) is 34.1 Å². The van der Waals surface area contributed by atoms with Gasteiger partial charge in [-0.25, -0.2) is 0 Å². The Morgan fingerprint density at radius 2 is 1.69 bits per heavy atom. The summed E-state index contributed by atoms with van der Waals surface area (Å²) in [6.07, 6.45) is 5.03. The Balaban J connectivity index is 3.97. The van der Waals surface area contributed by atoms with Gasteiger partial charge in [0.2, 0.25) is 0 Å². The summed E-state index contributed by atoms with van der Waals surface area (Å²) in [5, 5.41) is 3.67. The molecule has 0 bridgehead atoms.